The van der Waals surface area contributed by atoms with Gasteiger partial charge in [-0.2, -0.15) is 0 Å². The van der Waals surface area contributed by atoms with Gasteiger partial charge in [-0.15, -0.1) is 0 Å². The molecule has 2 atom stereocenters. The number of carbonyl (C=O) groups excluding carboxylic acids is 2. The molecule has 0 aromatic carbocycles. The van der Waals surface area contributed by atoms with Gasteiger partial charge in [0, 0.05) is 32.4 Å². The minimum Gasteiger partial charge on any atom is -0.506 e. The fourth-order valence-corrected chi connectivity index (χ4v) is 3.30. The standard InChI is InChI=1S/C16H19N3O3/c1-18-10-14-13(16(18)22)3-2-6-19(14)15(21)5-4-11-7-12(20)9-17-8-11/h4-5,7-9,13-14,20H,2-3,6,10H2,1H3/b5-4+/t13-,14-/m1/s1. The van der Waals surface area contributed by atoms with Crippen molar-refractivity contribution in [2.45, 2.75) is 18.9 Å². The largest absolute Gasteiger partial charge is 0.506 e. The Morgan fingerprint density at radius 2 is 2.27 bits per heavy atom. The zero-order chi connectivity index (χ0) is 15.7. The Kier molecular flexibility index (Phi) is 3.83. The van der Waals surface area contributed by atoms with Gasteiger partial charge in [0.25, 0.3) is 0 Å². The predicted molar refractivity (Wildman–Crippen MR) is 80.8 cm³/mol. The van der Waals surface area contributed by atoms with Gasteiger partial charge >= 0.3 is 0 Å². The molecule has 0 bridgehead atoms. The van der Waals surface area contributed by atoms with E-state index in [1.807, 2.05) is 0 Å². The Bertz CT molecular complexity index is 629. The maximum absolute atomic E-state index is 12.4. The van der Waals surface area contributed by atoms with Gasteiger partial charge in [-0.3, -0.25) is 14.6 Å². The second-order valence-corrected chi connectivity index (χ2v) is 5.88. The number of aromatic hydroxyl groups is 1. The van der Waals surface area contributed by atoms with Crippen molar-refractivity contribution in [3.8, 4) is 5.75 Å². The van der Waals surface area contributed by atoms with Gasteiger partial charge in [-0.25, -0.2) is 0 Å². The number of fused-ring (bicyclic) bond motifs is 1. The fourth-order valence-electron chi connectivity index (χ4n) is 3.30. The van der Waals surface area contributed by atoms with Crippen LogP contribution in [0.3, 0.4) is 0 Å². The van der Waals surface area contributed by atoms with Crippen LogP contribution < -0.4 is 0 Å². The first-order valence-corrected chi connectivity index (χ1v) is 7.44. The van der Waals surface area contributed by atoms with Crippen molar-refractivity contribution < 1.29 is 14.7 Å². The molecule has 0 spiro atoms. The number of nitrogens with zero attached hydrogens (tertiary/aromatic N) is 3. The fraction of sp³-hybridized carbons (Fsp3) is 0.438. The Morgan fingerprint density at radius 3 is 3.05 bits per heavy atom. The molecule has 3 rings (SSSR count). The minimum absolute atomic E-state index is 0.0225. The minimum atomic E-state index is -0.0962. The van der Waals surface area contributed by atoms with Gasteiger partial charge in [-0.1, -0.05) is 0 Å². The normalized spacial score (nSPS) is 24.9. The summed E-state index contributed by atoms with van der Waals surface area (Å²) in [7, 11) is 1.79. The quantitative estimate of drug-likeness (QED) is 0.823. The first kappa shape index (κ1) is 14.6. The second kappa shape index (κ2) is 5.79. The third-order valence-electron chi connectivity index (χ3n) is 4.38. The molecule has 2 saturated heterocycles. The van der Waals surface area contributed by atoms with E-state index >= 15 is 0 Å². The molecule has 0 saturated carbocycles. The van der Waals surface area contributed by atoms with E-state index in [0.717, 1.165) is 12.8 Å². The van der Waals surface area contributed by atoms with Crippen molar-refractivity contribution in [2.24, 2.45) is 5.92 Å². The van der Waals surface area contributed by atoms with Crippen molar-refractivity contribution in [1.29, 1.82) is 0 Å². The van der Waals surface area contributed by atoms with Crippen LogP contribution in [0, 0.1) is 5.92 Å². The van der Waals surface area contributed by atoms with E-state index < -0.39 is 0 Å². The molecule has 6 nitrogen and oxygen atoms in total. The molecule has 0 radical (unpaired) electrons. The number of rotatable bonds is 2. The van der Waals surface area contributed by atoms with Crippen molar-refractivity contribution in [3.63, 3.8) is 0 Å². The number of likely N-dealkylation sites (tertiary alicyclic amines) is 2. The average Bonchev–Trinajstić information content (AvgIpc) is 2.80. The lowest BCUT2D eigenvalue weighted by Crippen LogP contribution is -2.48. The van der Waals surface area contributed by atoms with Crippen LogP contribution in [-0.2, 0) is 9.59 Å². The van der Waals surface area contributed by atoms with Crippen molar-refractivity contribution >= 4 is 17.9 Å². The molecule has 0 aliphatic carbocycles. The number of hydrogen-bond donors (Lipinski definition) is 1. The highest BCUT2D eigenvalue weighted by Gasteiger charge is 2.44. The summed E-state index contributed by atoms with van der Waals surface area (Å²) >= 11 is 0. The van der Waals surface area contributed by atoms with E-state index in [9.17, 15) is 14.7 Å². The SMILES string of the molecule is CN1C[C@@H]2[C@@H](CCCN2C(=O)/C=C/c2cncc(O)c2)C1=O. The third-order valence-corrected chi connectivity index (χ3v) is 4.38. The average molecular weight is 301 g/mol. The molecule has 116 valence electrons. The molecule has 2 amide bonds. The lowest BCUT2D eigenvalue weighted by atomic mass is 9.91. The van der Waals surface area contributed by atoms with Gasteiger partial charge in [0.2, 0.25) is 11.8 Å². The molecule has 22 heavy (non-hydrogen) atoms. The van der Waals surface area contributed by atoms with Crippen LogP contribution in [0.1, 0.15) is 18.4 Å². The van der Waals surface area contributed by atoms with Crippen LogP contribution in [-0.4, -0.2) is 57.9 Å². The molecule has 1 aromatic heterocycles. The van der Waals surface area contributed by atoms with E-state index in [4.69, 9.17) is 0 Å². The smallest absolute Gasteiger partial charge is 0.246 e. The van der Waals surface area contributed by atoms with Crippen LogP contribution in [0.4, 0.5) is 0 Å². The molecular weight excluding hydrogens is 282 g/mol. The lowest BCUT2D eigenvalue weighted by molar-refractivity contribution is -0.133. The third kappa shape index (κ3) is 2.68. The van der Waals surface area contributed by atoms with Crippen LogP contribution in [0.2, 0.25) is 0 Å². The van der Waals surface area contributed by atoms with E-state index in [-0.39, 0.29) is 29.5 Å². The Labute approximate surface area is 129 Å². The Morgan fingerprint density at radius 1 is 1.45 bits per heavy atom. The van der Waals surface area contributed by atoms with Gasteiger partial charge in [0.15, 0.2) is 0 Å². The second-order valence-electron chi connectivity index (χ2n) is 5.88. The van der Waals surface area contributed by atoms with Gasteiger partial charge in [0.05, 0.1) is 18.2 Å². The number of pyridine rings is 1. The summed E-state index contributed by atoms with van der Waals surface area (Å²) in [5, 5.41) is 9.37. The molecule has 6 heteroatoms. The summed E-state index contributed by atoms with van der Waals surface area (Å²) in [4.78, 5) is 31.9. The lowest BCUT2D eigenvalue weighted by Gasteiger charge is -2.35. The van der Waals surface area contributed by atoms with E-state index in [1.54, 1.807) is 35.2 Å². The van der Waals surface area contributed by atoms with Crippen LogP contribution >= 0.6 is 0 Å². The summed E-state index contributed by atoms with van der Waals surface area (Å²) in [5.41, 5.74) is 0.668. The monoisotopic (exact) mass is 301 g/mol. The molecule has 2 fully saturated rings. The van der Waals surface area contributed by atoms with Crippen molar-refractivity contribution in [1.82, 2.24) is 14.8 Å². The zero-order valence-electron chi connectivity index (χ0n) is 12.5. The van der Waals surface area contributed by atoms with E-state index in [2.05, 4.69) is 4.98 Å². The summed E-state index contributed by atoms with van der Waals surface area (Å²) < 4.78 is 0. The number of piperidine rings is 1. The highest BCUT2D eigenvalue weighted by Crippen LogP contribution is 2.31. The van der Waals surface area contributed by atoms with Crippen LogP contribution in [0.15, 0.2) is 24.5 Å². The van der Waals surface area contributed by atoms with Crippen LogP contribution in [0.25, 0.3) is 6.08 Å². The molecule has 1 N–H and O–H groups in total. The predicted octanol–water partition coefficient (Wildman–Crippen LogP) is 0.880. The molecule has 2 aliphatic rings. The number of amides is 2. The number of likely N-dealkylation sites (N-methyl/N-ethyl adjacent to an activating group) is 1. The maximum Gasteiger partial charge on any atom is 0.246 e. The van der Waals surface area contributed by atoms with Crippen molar-refractivity contribution in [3.05, 3.63) is 30.1 Å². The first-order valence-electron chi connectivity index (χ1n) is 7.44. The van der Waals surface area contributed by atoms with Gasteiger partial charge in [0.1, 0.15) is 5.75 Å². The molecule has 0 unspecified atom stereocenters. The first-order chi connectivity index (χ1) is 10.6. The highest BCUT2D eigenvalue weighted by molar-refractivity contribution is 5.93. The molecule has 3 heterocycles. The van der Waals surface area contributed by atoms with Crippen molar-refractivity contribution in [2.75, 3.05) is 20.1 Å². The molecule has 1 aromatic rings. The Hall–Kier alpha value is -2.37. The van der Waals surface area contributed by atoms with Gasteiger partial charge in [-0.05, 0) is 30.5 Å². The van der Waals surface area contributed by atoms with E-state index in [0.29, 0.717) is 18.7 Å². The van der Waals surface area contributed by atoms with Gasteiger partial charge < -0.3 is 14.9 Å². The zero-order valence-corrected chi connectivity index (χ0v) is 12.5. The summed E-state index contributed by atoms with van der Waals surface area (Å²) in [6.07, 6.45) is 7.76. The summed E-state index contributed by atoms with van der Waals surface area (Å²) in [5.74, 6) is 0.0546. The molecule has 2 aliphatic heterocycles. The van der Waals surface area contributed by atoms with Crippen LogP contribution in [0.5, 0.6) is 5.75 Å². The maximum atomic E-state index is 12.4. The summed E-state index contributed by atoms with van der Waals surface area (Å²) in [6, 6.07) is 1.52. The number of carbonyl (C=O) groups is 2. The number of hydrogen-bond acceptors (Lipinski definition) is 4. The summed E-state index contributed by atoms with van der Waals surface area (Å²) in [6.45, 7) is 1.29. The number of aromatic nitrogens is 1. The topological polar surface area (TPSA) is 73.7 Å². The highest BCUT2D eigenvalue weighted by atomic mass is 16.3. The molecular formula is C16H19N3O3. The Balaban J connectivity index is 1.73. The van der Waals surface area contributed by atoms with E-state index in [1.165, 1.54) is 12.3 Å².